The fourth-order valence-electron chi connectivity index (χ4n) is 1.42. The maximum atomic E-state index is 11.7. The van der Waals surface area contributed by atoms with Crippen LogP contribution in [-0.2, 0) is 0 Å². The predicted octanol–water partition coefficient (Wildman–Crippen LogP) is 3.96. The number of amides is 1. The molecule has 0 bridgehead atoms. The number of benzene rings is 1. The number of carbonyl (C=O) groups is 1. The van der Waals surface area contributed by atoms with Gasteiger partial charge < -0.3 is 9.64 Å². The summed E-state index contributed by atoms with van der Waals surface area (Å²) in [6.07, 6.45) is 3.15. The van der Waals surface area contributed by atoms with Crippen LogP contribution in [0.5, 0.6) is 5.75 Å². The van der Waals surface area contributed by atoms with Crippen LogP contribution in [0.3, 0.4) is 0 Å². The van der Waals surface area contributed by atoms with Crippen LogP contribution >= 0.6 is 15.9 Å². The van der Waals surface area contributed by atoms with E-state index in [1.165, 1.54) is 4.90 Å². The quantitative estimate of drug-likeness (QED) is 0.789. The Kier molecular flexibility index (Phi) is 5.76. The molecule has 1 rings (SSSR count). The van der Waals surface area contributed by atoms with Crippen molar-refractivity contribution in [3.63, 3.8) is 0 Å². The first kappa shape index (κ1) is 15.4. The third-order valence-electron chi connectivity index (χ3n) is 2.32. The van der Waals surface area contributed by atoms with E-state index in [4.69, 9.17) is 4.74 Å². The van der Waals surface area contributed by atoms with E-state index >= 15 is 0 Å². The van der Waals surface area contributed by atoms with Gasteiger partial charge in [0, 0.05) is 30.3 Å². The molecule has 0 N–H and O–H groups in total. The minimum absolute atomic E-state index is 0.417. The van der Waals surface area contributed by atoms with Gasteiger partial charge in [0.15, 0.2) is 0 Å². The van der Waals surface area contributed by atoms with Crippen molar-refractivity contribution in [1.29, 1.82) is 0 Å². The maximum absolute atomic E-state index is 11.7. The maximum Gasteiger partial charge on any atom is 0.414 e. The molecule has 102 valence electrons. The lowest BCUT2D eigenvalue weighted by molar-refractivity contribution is 0.172. The van der Waals surface area contributed by atoms with Crippen molar-refractivity contribution in [3.05, 3.63) is 34.3 Å². The van der Waals surface area contributed by atoms with Crippen LogP contribution in [0, 0.1) is 0 Å². The summed E-state index contributed by atoms with van der Waals surface area (Å²) < 4.78 is 6.24. The number of ether oxygens (including phenoxy) is 1. The van der Waals surface area contributed by atoms with Crippen LogP contribution in [0.1, 0.15) is 19.4 Å². The summed E-state index contributed by atoms with van der Waals surface area (Å²) >= 11 is 3.41. The van der Waals surface area contributed by atoms with Crippen molar-refractivity contribution in [2.75, 3.05) is 14.1 Å². The minimum Gasteiger partial charge on any atom is -0.409 e. The SMILES string of the molecule is CC=NC(=CC)c1cc(Br)ccc1OC(=O)N(C)C. The molecule has 0 saturated heterocycles. The van der Waals surface area contributed by atoms with Gasteiger partial charge in [0.2, 0.25) is 0 Å². The molecule has 0 fully saturated rings. The average molecular weight is 325 g/mol. The molecule has 4 nitrogen and oxygen atoms in total. The van der Waals surface area contributed by atoms with Gasteiger partial charge in [0.1, 0.15) is 5.75 Å². The van der Waals surface area contributed by atoms with Crippen molar-refractivity contribution in [2.45, 2.75) is 13.8 Å². The number of carbonyl (C=O) groups excluding carboxylic acids is 1. The lowest BCUT2D eigenvalue weighted by Gasteiger charge is -2.14. The number of hydrogen-bond acceptors (Lipinski definition) is 3. The van der Waals surface area contributed by atoms with Gasteiger partial charge in [0.25, 0.3) is 0 Å². The highest BCUT2D eigenvalue weighted by atomic mass is 79.9. The van der Waals surface area contributed by atoms with Gasteiger partial charge in [-0.15, -0.1) is 0 Å². The molecule has 0 aromatic heterocycles. The highest BCUT2D eigenvalue weighted by Crippen LogP contribution is 2.30. The molecule has 1 aromatic carbocycles. The lowest BCUT2D eigenvalue weighted by Crippen LogP contribution is -2.25. The van der Waals surface area contributed by atoms with Gasteiger partial charge in [-0.1, -0.05) is 22.0 Å². The Balaban J connectivity index is 3.22. The van der Waals surface area contributed by atoms with E-state index in [2.05, 4.69) is 20.9 Å². The molecule has 1 amide bonds. The van der Waals surface area contributed by atoms with Gasteiger partial charge in [-0.25, -0.2) is 4.79 Å². The average Bonchev–Trinajstić information content (AvgIpc) is 2.38. The van der Waals surface area contributed by atoms with Gasteiger partial charge in [-0.05, 0) is 32.0 Å². The zero-order valence-corrected chi connectivity index (χ0v) is 13.1. The fraction of sp³-hybridized carbons (Fsp3) is 0.286. The van der Waals surface area contributed by atoms with E-state index in [0.29, 0.717) is 5.75 Å². The van der Waals surface area contributed by atoms with Crippen molar-refractivity contribution in [3.8, 4) is 5.75 Å². The summed E-state index contributed by atoms with van der Waals surface area (Å²) in [7, 11) is 3.28. The van der Waals surface area contributed by atoms with E-state index in [9.17, 15) is 4.79 Å². The number of aliphatic imine (C=N–C) groups is 1. The van der Waals surface area contributed by atoms with E-state index < -0.39 is 6.09 Å². The summed E-state index contributed by atoms with van der Waals surface area (Å²) in [5.41, 5.74) is 1.52. The molecule has 0 heterocycles. The molecule has 0 unspecified atom stereocenters. The Morgan fingerprint density at radius 1 is 1.37 bits per heavy atom. The molecule has 0 spiro atoms. The van der Waals surface area contributed by atoms with Crippen molar-refractivity contribution in [1.82, 2.24) is 4.90 Å². The smallest absolute Gasteiger partial charge is 0.409 e. The molecule has 19 heavy (non-hydrogen) atoms. The number of hydrogen-bond donors (Lipinski definition) is 0. The van der Waals surface area contributed by atoms with Crippen LogP contribution in [0.2, 0.25) is 0 Å². The fourth-order valence-corrected chi connectivity index (χ4v) is 1.78. The van der Waals surface area contributed by atoms with Crippen LogP contribution in [0.4, 0.5) is 4.79 Å². The lowest BCUT2D eigenvalue weighted by atomic mass is 10.1. The number of nitrogens with zero attached hydrogens (tertiary/aromatic N) is 2. The topological polar surface area (TPSA) is 41.9 Å². The summed E-state index contributed by atoms with van der Waals surface area (Å²) in [5, 5.41) is 0. The summed E-state index contributed by atoms with van der Waals surface area (Å²) in [6.45, 7) is 3.73. The molecule has 0 atom stereocenters. The van der Waals surface area contributed by atoms with E-state index in [1.807, 2.05) is 32.1 Å². The van der Waals surface area contributed by atoms with Gasteiger partial charge in [-0.3, -0.25) is 4.99 Å². The third-order valence-corrected chi connectivity index (χ3v) is 2.81. The molecule has 0 aliphatic rings. The normalized spacial score (nSPS) is 11.7. The van der Waals surface area contributed by atoms with Crippen molar-refractivity contribution < 1.29 is 9.53 Å². The summed E-state index contributed by atoms with van der Waals surface area (Å²) in [4.78, 5) is 17.3. The largest absolute Gasteiger partial charge is 0.414 e. The molecule has 0 saturated carbocycles. The van der Waals surface area contributed by atoms with E-state index in [1.54, 1.807) is 26.4 Å². The van der Waals surface area contributed by atoms with Crippen LogP contribution in [0.25, 0.3) is 5.70 Å². The highest BCUT2D eigenvalue weighted by molar-refractivity contribution is 9.10. The van der Waals surface area contributed by atoms with Gasteiger partial charge in [0.05, 0.1) is 5.70 Å². The standard InChI is InChI=1S/C14H17BrN2O2/c1-5-12(16-6-2)11-9-10(15)7-8-13(11)19-14(18)17(3)4/h5-9H,1-4H3. The Bertz CT molecular complexity index is 522. The second kappa shape index (κ2) is 7.09. The monoisotopic (exact) mass is 324 g/mol. The predicted molar refractivity (Wildman–Crippen MR) is 81.7 cm³/mol. The molecule has 0 aliphatic carbocycles. The number of halogens is 1. The molecule has 0 aliphatic heterocycles. The van der Waals surface area contributed by atoms with E-state index in [0.717, 1.165) is 15.7 Å². The summed E-state index contributed by atoms with van der Waals surface area (Å²) in [6, 6.07) is 5.45. The first-order chi connectivity index (χ1) is 8.99. The molecular weight excluding hydrogens is 308 g/mol. The van der Waals surface area contributed by atoms with E-state index in [-0.39, 0.29) is 0 Å². The first-order valence-corrected chi connectivity index (χ1v) is 6.63. The van der Waals surface area contributed by atoms with Crippen LogP contribution in [0.15, 0.2) is 33.7 Å². The number of rotatable bonds is 3. The van der Waals surface area contributed by atoms with Crippen molar-refractivity contribution >= 4 is 33.9 Å². The molecular formula is C14H17BrN2O2. The Morgan fingerprint density at radius 2 is 2.05 bits per heavy atom. The Morgan fingerprint density at radius 3 is 2.58 bits per heavy atom. The van der Waals surface area contributed by atoms with Crippen LogP contribution < -0.4 is 4.74 Å². The first-order valence-electron chi connectivity index (χ1n) is 5.83. The minimum atomic E-state index is -0.417. The second-order valence-corrected chi connectivity index (χ2v) is 4.88. The highest BCUT2D eigenvalue weighted by Gasteiger charge is 2.13. The zero-order chi connectivity index (χ0) is 14.4. The zero-order valence-electron chi connectivity index (χ0n) is 11.5. The third kappa shape index (κ3) is 4.21. The van der Waals surface area contributed by atoms with Gasteiger partial charge >= 0.3 is 6.09 Å². The second-order valence-electron chi connectivity index (χ2n) is 3.96. The Hall–Kier alpha value is -1.62. The molecule has 1 aromatic rings. The molecule has 0 radical (unpaired) electrons. The Labute approximate surface area is 121 Å². The van der Waals surface area contributed by atoms with Crippen molar-refractivity contribution in [2.24, 2.45) is 4.99 Å². The summed E-state index contributed by atoms with van der Waals surface area (Å²) in [5.74, 6) is 0.487. The van der Waals surface area contributed by atoms with Crippen LogP contribution in [-0.4, -0.2) is 31.3 Å². The number of allylic oxidation sites excluding steroid dienone is 1. The van der Waals surface area contributed by atoms with Gasteiger partial charge in [-0.2, -0.15) is 0 Å². The molecule has 5 heteroatoms.